The maximum absolute atomic E-state index is 11.7. The van der Waals surface area contributed by atoms with E-state index in [2.05, 4.69) is 4.72 Å². The highest BCUT2D eigenvalue weighted by Gasteiger charge is 2.13. The number of carbonyl (C=O) groups excluding carboxylic acids is 1. The molecular formula is C12H17NO3S. The van der Waals surface area contributed by atoms with E-state index in [0.717, 1.165) is 0 Å². The van der Waals surface area contributed by atoms with Gasteiger partial charge in [-0.2, -0.15) is 0 Å². The van der Waals surface area contributed by atoms with Crippen molar-refractivity contribution in [1.29, 1.82) is 0 Å². The van der Waals surface area contributed by atoms with Crippen LogP contribution in [0.3, 0.4) is 0 Å². The molecule has 1 aromatic rings. The molecule has 0 spiro atoms. The van der Waals surface area contributed by atoms with E-state index < -0.39 is 10.0 Å². The highest BCUT2D eigenvalue weighted by molar-refractivity contribution is 7.89. The monoisotopic (exact) mass is 255 g/mol. The van der Waals surface area contributed by atoms with Crippen LogP contribution in [0.5, 0.6) is 0 Å². The summed E-state index contributed by atoms with van der Waals surface area (Å²) in [6, 6.07) is 5.99. The first-order valence-electron chi connectivity index (χ1n) is 5.43. The van der Waals surface area contributed by atoms with Crippen molar-refractivity contribution in [2.75, 3.05) is 7.05 Å². The third kappa shape index (κ3) is 3.64. The number of sulfonamides is 1. The van der Waals surface area contributed by atoms with Gasteiger partial charge in [0.25, 0.3) is 0 Å². The van der Waals surface area contributed by atoms with Gasteiger partial charge in [-0.15, -0.1) is 0 Å². The number of ketones is 1. The van der Waals surface area contributed by atoms with Crippen molar-refractivity contribution in [3.8, 4) is 0 Å². The van der Waals surface area contributed by atoms with Crippen LogP contribution >= 0.6 is 0 Å². The van der Waals surface area contributed by atoms with Gasteiger partial charge in [0.05, 0.1) is 4.90 Å². The van der Waals surface area contributed by atoms with Crippen LogP contribution in [-0.2, 0) is 10.0 Å². The topological polar surface area (TPSA) is 63.2 Å². The molecule has 94 valence electrons. The minimum atomic E-state index is -3.43. The number of hydrogen-bond acceptors (Lipinski definition) is 3. The lowest BCUT2D eigenvalue weighted by atomic mass is 10.0. The van der Waals surface area contributed by atoms with Crippen molar-refractivity contribution in [2.45, 2.75) is 25.2 Å². The molecule has 0 bridgehead atoms. The Balaban J connectivity index is 2.93. The number of Topliss-reactive ketones (excluding diaryl/α,β-unsaturated/α-hetero) is 1. The zero-order valence-corrected chi connectivity index (χ0v) is 11.0. The Kier molecular flexibility index (Phi) is 4.42. The van der Waals surface area contributed by atoms with E-state index in [1.54, 1.807) is 12.1 Å². The van der Waals surface area contributed by atoms with Crippen molar-refractivity contribution in [3.05, 3.63) is 29.8 Å². The molecule has 5 heteroatoms. The Hall–Kier alpha value is -1.20. The first-order chi connectivity index (χ1) is 7.86. The Labute approximate surface area is 102 Å². The van der Waals surface area contributed by atoms with Crippen LogP contribution in [0.4, 0.5) is 0 Å². The molecule has 0 unspecified atom stereocenters. The van der Waals surface area contributed by atoms with E-state index in [0.29, 0.717) is 17.9 Å². The van der Waals surface area contributed by atoms with Gasteiger partial charge < -0.3 is 0 Å². The fourth-order valence-electron chi connectivity index (χ4n) is 1.43. The molecule has 1 aromatic carbocycles. The summed E-state index contributed by atoms with van der Waals surface area (Å²) in [5.74, 6) is 0.330. The molecule has 0 aliphatic carbocycles. The highest BCUT2D eigenvalue weighted by Crippen LogP contribution is 2.13. The smallest absolute Gasteiger partial charge is 0.240 e. The number of hydrogen-bond donors (Lipinski definition) is 1. The number of nitrogens with one attached hydrogen (secondary N) is 1. The van der Waals surface area contributed by atoms with Crippen LogP contribution in [0.2, 0.25) is 0 Å². The largest absolute Gasteiger partial charge is 0.294 e. The van der Waals surface area contributed by atoms with Crippen molar-refractivity contribution in [3.63, 3.8) is 0 Å². The fourth-order valence-corrected chi connectivity index (χ4v) is 2.16. The minimum absolute atomic E-state index is 0.0356. The van der Waals surface area contributed by atoms with Gasteiger partial charge in [0.1, 0.15) is 0 Å². The first kappa shape index (κ1) is 13.9. The average Bonchev–Trinajstić information content (AvgIpc) is 2.28. The first-order valence-corrected chi connectivity index (χ1v) is 6.92. The molecule has 1 N–H and O–H groups in total. The van der Waals surface area contributed by atoms with Gasteiger partial charge in [0.2, 0.25) is 10.0 Å². The Morgan fingerprint density at radius 3 is 2.18 bits per heavy atom. The van der Waals surface area contributed by atoms with E-state index in [9.17, 15) is 13.2 Å². The SMILES string of the molecule is CNS(=O)(=O)c1ccc(C(=O)CC(C)C)cc1. The predicted octanol–water partition coefficient (Wildman–Crippen LogP) is 1.82. The van der Waals surface area contributed by atoms with Gasteiger partial charge in [-0.1, -0.05) is 26.0 Å². The van der Waals surface area contributed by atoms with Crippen molar-refractivity contribution >= 4 is 15.8 Å². The van der Waals surface area contributed by atoms with Crippen LogP contribution in [0.1, 0.15) is 30.6 Å². The van der Waals surface area contributed by atoms with Gasteiger partial charge in [-0.05, 0) is 25.1 Å². The zero-order chi connectivity index (χ0) is 13.1. The normalized spacial score (nSPS) is 11.8. The minimum Gasteiger partial charge on any atom is -0.294 e. The molecule has 0 fully saturated rings. The van der Waals surface area contributed by atoms with Gasteiger partial charge >= 0.3 is 0 Å². The summed E-state index contributed by atoms with van der Waals surface area (Å²) in [4.78, 5) is 11.9. The molecule has 17 heavy (non-hydrogen) atoms. The molecule has 1 rings (SSSR count). The molecule has 0 heterocycles. The van der Waals surface area contributed by atoms with Crippen molar-refractivity contribution in [2.24, 2.45) is 5.92 Å². The van der Waals surface area contributed by atoms with Gasteiger partial charge in [0, 0.05) is 12.0 Å². The van der Waals surface area contributed by atoms with E-state index in [-0.39, 0.29) is 10.7 Å². The molecule has 0 amide bonds. The Morgan fingerprint density at radius 1 is 1.24 bits per heavy atom. The Morgan fingerprint density at radius 2 is 1.76 bits per heavy atom. The second kappa shape index (κ2) is 5.42. The van der Waals surface area contributed by atoms with Crippen molar-refractivity contribution < 1.29 is 13.2 Å². The second-order valence-electron chi connectivity index (χ2n) is 4.25. The summed E-state index contributed by atoms with van der Waals surface area (Å²) >= 11 is 0. The van der Waals surface area contributed by atoms with Gasteiger partial charge in [0.15, 0.2) is 5.78 Å². The van der Waals surface area contributed by atoms with Crippen LogP contribution in [0.15, 0.2) is 29.2 Å². The molecule has 4 nitrogen and oxygen atoms in total. The summed E-state index contributed by atoms with van der Waals surface area (Å²) < 4.78 is 25.2. The third-order valence-electron chi connectivity index (χ3n) is 2.35. The summed E-state index contributed by atoms with van der Waals surface area (Å²) in [6.07, 6.45) is 0.470. The predicted molar refractivity (Wildman–Crippen MR) is 66.5 cm³/mol. The number of benzene rings is 1. The molecule has 0 radical (unpaired) electrons. The third-order valence-corrected chi connectivity index (χ3v) is 3.78. The molecule has 0 aromatic heterocycles. The van der Waals surface area contributed by atoms with Crippen molar-refractivity contribution in [1.82, 2.24) is 4.72 Å². The van der Waals surface area contributed by atoms with E-state index in [1.807, 2.05) is 13.8 Å². The van der Waals surface area contributed by atoms with E-state index >= 15 is 0 Å². The summed E-state index contributed by atoms with van der Waals surface area (Å²) in [5, 5.41) is 0. The quantitative estimate of drug-likeness (QED) is 0.816. The lowest BCUT2D eigenvalue weighted by molar-refractivity contribution is 0.0968. The maximum atomic E-state index is 11.7. The number of rotatable bonds is 5. The average molecular weight is 255 g/mol. The molecule has 0 atom stereocenters. The van der Waals surface area contributed by atoms with E-state index in [1.165, 1.54) is 19.2 Å². The summed E-state index contributed by atoms with van der Waals surface area (Å²) in [5.41, 5.74) is 0.550. The zero-order valence-electron chi connectivity index (χ0n) is 10.2. The molecular weight excluding hydrogens is 238 g/mol. The van der Waals surface area contributed by atoms with Gasteiger partial charge in [-0.3, -0.25) is 4.79 Å². The van der Waals surface area contributed by atoms with Crippen LogP contribution in [-0.4, -0.2) is 21.2 Å². The molecule has 0 aliphatic rings. The standard InChI is InChI=1S/C12H17NO3S/c1-9(2)8-12(14)10-4-6-11(7-5-10)17(15,16)13-3/h4-7,9,13H,8H2,1-3H3. The summed E-state index contributed by atoms with van der Waals surface area (Å²) in [6.45, 7) is 3.94. The summed E-state index contributed by atoms with van der Waals surface area (Å²) in [7, 11) is -2.07. The second-order valence-corrected chi connectivity index (χ2v) is 6.14. The maximum Gasteiger partial charge on any atom is 0.240 e. The number of carbonyl (C=O) groups is 1. The van der Waals surface area contributed by atoms with Crippen LogP contribution in [0, 0.1) is 5.92 Å². The lowest BCUT2D eigenvalue weighted by Gasteiger charge is -2.05. The lowest BCUT2D eigenvalue weighted by Crippen LogP contribution is -2.18. The molecule has 0 saturated carbocycles. The van der Waals surface area contributed by atoms with Crippen LogP contribution in [0.25, 0.3) is 0 Å². The Bertz CT molecular complexity index is 489. The molecule has 0 aliphatic heterocycles. The molecule has 0 saturated heterocycles. The van der Waals surface area contributed by atoms with Gasteiger partial charge in [-0.25, -0.2) is 13.1 Å². The highest BCUT2D eigenvalue weighted by atomic mass is 32.2. The van der Waals surface area contributed by atoms with Crippen LogP contribution < -0.4 is 4.72 Å². The fraction of sp³-hybridized carbons (Fsp3) is 0.417. The van der Waals surface area contributed by atoms with E-state index in [4.69, 9.17) is 0 Å².